The molecule has 0 saturated heterocycles. The van der Waals surface area contributed by atoms with E-state index >= 15 is 0 Å². The zero-order valence-electron chi connectivity index (χ0n) is 5.03. The van der Waals surface area contributed by atoms with Gasteiger partial charge in [0.2, 0.25) is 0 Å². The highest BCUT2D eigenvalue weighted by Crippen LogP contribution is 2.47. The number of allylic oxidation sites excluding steroid dienone is 2. The zero-order valence-corrected chi connectivity index (χ0v) is 6.54. The van der Waals surface area contributed by atoms with Crippen LogP contribution in [0.4, 0.5) is 0 Å². The van der Waals surface area contributed by atoms with Gasteiger partial charge in [-0.2, -0.15) is 0 Å². The van der Waals surface area contributed by atoms with Gasteiger partial charge in [0, 0.05) is 10.4 Å². The number of halogens is 2. The first-order valence-corrected chi connectivity index (χ1v) is 4.09. The van der Waals surface area contributed by atoms with E-state index in [1.165, 1.54) is 12.0 Å². The molecule has 0 amide bonds. The van der Waals surface area contributed by atoms with Crippen molar-refractivity contribution in [2.24, 2.45) is 5.92 Å². The summed E-state index contributed by atoms with van der Waals surface area (Å²) in [7, 11) is 0. The first-order valence-electron chi connectivity index (χ1n) is 3.28. The number of alkyl halides is 1. The molecule has 0 radical (unpaired) electrons. The van der Waals surface area contributed by atoms with E-state index in [4.69, 9.17) is 23.2 Å². The molecule has 2 unspecified atom stereocenters. The van der Waals surface area contributed by atoms with Crippen LogP contribution in [-0.4, -0.2) is 5.38 Å². The van der Waals surface area contributed by atoms with Crippen LogP contribution in [0.15, 0.2) is 10.6 Å². The molecule has 1 saturated carbocycles. The summed E-state index contributed by atoms with van der Waals surface area (Å²) in [5.74, 6) is 0.675. The highest BCUT2D eigenvalue weighted by molar-refractivity contribution is 6.31. The Hall–Kier alpha value is 0.320. The Bertz CT molecular complexity index is 170. The van der Waals surface area contributed by atoms with Crippen molar-refractivity contribution in [2.75, 3.05) is 0 Å². The summed E-state index contributed by atoms with van der Waals surface area (Å²) in [6.45, 7) is 0. The van der Waals surface area contributed by atoms with Gasteiger partial charge in [-0.15, -0.1) is 11.6 Å². The van der Waals surface area contributed by atoms with Gasteiger partial charge in [-0.25, -0.2) is 0 Å². The zero-order chi connectivity index (χ0) is 6.43. The minimum absolute atomic E-state index is 0.391. The molecule has 0 aliphatic heterocycles. The van der Waals surface area contributed by atoms with Crippen LogP contribution >= 0.6 is 23.2 Å². The number of hydrogen-bond acceptors (Lipinski definition) is 0. The molecule has 0 aromatic heterocycles. The van der Waals surface area contributed by atoms with Crippen LogP contribution in [0, 0.1) is 5.92 Å². The molecule has 0 nitrogen and oxygen atoms in total. The van der Waals surface area contributed by atoms with Gasteiger partial charge >= 0.3 is 0 Å². The molecular weight excluding hydrogens is 155 g/mol. The molecule has 2 heteroatoms. The monoisotopic (exact) mass is 162 g/mol. The van der Waals surface area contributed by atoms with Gasteiger partial charge in [0.1, 0.15) is 0 Å². The van der Waals surface area contributed by atoms with Crippen molar-refractivity contribution in [3.8, 4) is 0 Å². The molecule has 0 aromatic carbocycles. The van der Waals surface area contributed by atoms with E-state index in [2.05, 4.69) is 0 Å². The fourth-order valence-corrected chi connectivity index (χ4v) is 2.44. The maximum atomic E-state index is 5.98. The van der Waals surface area contributed by atoms with Crippen molar-refractivity contribution in [3.05, 3.63) is 10.6 Å². The second kappa shape index (κ2) is 1.90. The number of hydrogen-bond donors (Lipinski definition) is 0. The summed E-state index contributed by atoms with van der Waals surface area (Å²) >= 11 is 11.9. The molecule has 2 atom stereocenters. The van der Waals surface area contributed by atoms with Gasteiger partial charge in [-0.05, 0) is 25.2 Å². The first-order chi connectivity index (χ1) is 4.27. The summed E-state index contributed by atoms with van der Waals surface area (Å²) < 4.78 is 0. The van der Waals surface area contributed by atoms with Crippen molar-refractivity contribution in [1.82, 2.24) is 0 Å². The number of fused-ring (bicyclic) bond motifs is 2. The summed E-state index contributed by atoms with van der Waals surface area (Å²) in [6, 6.07) is 0. The van der Waals surface area contributed by atoms with Crippen molar-refractivity contribution in [1.29, 1.82) is 0 Å². The van der Waals surface area contributed by atoms with Gasteiger partial charge in [0.15, 0.2) is 0 Å². The van der Waals surface area contributed by atoms with Crippen molar-refractivity contribution in [3.63, 3.8) is 0 Å². The predicted molar refractivity (Wildman–Crippen MR) is 39.9 cm³/mol. The highest BCUT2D eigenvalue weighted by atomic mass is 35.5. The summed E-state index contributed by atoms with van der Waals surface area (Å²) in [5.41, 5.74) is 1.42. The molecular formula is C7H8Cl2. The van der Waals surface area contributed by atoms with E-state index in [9.17, 15) is 0 Å². The summed E-state index contributed by atoms with van der Waals surface area (Å²) in [5, 5.41) is 1.49. The van der Waals surface area contributed by atoms with E-state index in [0.717, 1.165) is 17.9 Å². The summed E-state index contributed by atoms with van der Waals surface area (Å²) in [4.78, 5) is 0. The van der Waals surface area contributed by atoms with Gasteiger partial charge < -0.3 is 0 Å². The maximum absolute atomic E-state index is 5.98. The predicted octanol–water partition coefficient (Wildman–Crippen LogP) is 2.90. The second-order valence-corrected chi connectivity index (χ2v) is 3.91. The standard InChI is InChI=1S/C7H8Cl2/c8-6-2-4-1-5(6)3-7(4)9/h4,7H,1-3H2. The lowest BCUT2D eigenvalue weighted by Crippen LogP contribution is -2.06. The third kappa shape index (κ3) is 0.805. The van der Waals surface area contributed by atoms with E-state index in [1.807, 2.05) is 0 Å². The van der Waals surface area contributed by atoms with Crippen molar-refractivity contribution in [2.45, 2.75) is 24.6 Å². The van der Waals surface area contributed by atoms with Crippen molar-refractivity contribution < 1.29 is 0 Å². The average molecular weight is 163 g/mol. The largest absolute Gasteiger partial charge is 0.122 e. The lowest BCUT2D eigenvalue weighted by molar-refractivity contribution is 0.580. The fraction of sp³-hybridized carbons (Fsp3) is 0.714. The lowest BCUT2D eigenvalue weighted by atomic mass is 10.1. The van der Waals surface area contributed by atoms with E-state index in [-0.39, 0.29) is 0 Å². The van der Waals surface area contributed by atoms with Crippen LogP contribution in [0.2, 0.25) is 0 Å². The average Bonchev–Trinajstić information content (AvgIpc) is 2.24. The lowest BCUT2D eigenvalue weighted by Gasteiger charge is -2.11. The normalized spacial score (nSPS) is 40.7. The number of rotatable bonds is 0. The molecule has 2 aliphatic carbocycles. The third-order valence-corrected chi connectivity index (χ3v) is 3.22. The van der Waals surface area contributed by atoms with Gasteiger partial charge in [-0.1, -0.05) is 17.2 Å². The molecule has 2 bridgehead atoms. The maximum Gasteiger partial charge on any atom is 0.0408 e. The molecule has 2 rings (SSSR count). The van der Waals surface area contributed by atoms with Crippen LogP contribution in [0.3, 0.4) is 0 Å². The SMILES string of the molecule is ClC1=C2CC(Cl)C(C1)C2. The van der Waals surface area contributed by atoms with Crippen LogP contribution in [0.25, 0.3) is 0 Å². The molecule has 0 aromatic rings. The summed E-state index contributed by atoms with van der Waals surface area (Å²) in [6.07, 6.45) is 3.27. The van der Waals surface area contributed by atoms with Crippen LogP contribution < -0.4 is 0 Å². The Labute approximate surface area is 64.8 Å². The van der Waals surface area contributed by atoms with E-state index < -0.39 is 0 Å². The van der Waals surface area contributed by atoms with Gasteiger partial charge in [0.05, 0.1) is 0 Å². The third-order valence-electron chi connectivity index (χ3n) is 2.29. The topological polar surface area (TPSA) is 0 Å². The highest BCUT2D eigenvalue weighted by Gasteiger charge is 2.36. The van der Waals surface area contributed by atoms with E-state index in [1.54, 1.807) is 0 Å². The Morgan fingerprint density at radius 3 is 2.33 bits per heavy atom. The van der Waals surface area contributed by atoms with Gasteiger partial charge in [-0.3, -0.25) is 0 Å². The fourth-order valence-electron chi connectivity index (χ4n) is 1.73. The quantitative estimate of drug-likeness (QED) is 0.481. The van der Waals surface area contributed by atoms with Gasteiger partial charge in [0.25, 0.3) is 0 Å². The Morgan fingerprint density at radius 2 is 2.00 bits per heavy atom. The Morgan fingerprint density at radius 1 is 1.22 bits per heavy atom. The van der Waals surface area contributed by atoms with E-state index in [0.29, 0.717) is 11.3 Å². The molecule has 2 aliphatic rings. The Balaban J connectivity index is 2.28. The Kier molecular flexibility index (Phi) is 1.28. The second-order valence-electron chi connectivity index (χ2n) is 2.90. The smallest absolute Gasteiger partial charge is 0.0408 e. The first kappa shape index (κ1) is 6.06. The van der Waals surface area contributed by atoms with Crippen LogP contribution in [-0.2, 0) is 0 Å². The van der Waals surface area contributed by atoms with Crippen molar-refractivity contribution >= 4 is 23.2 Å². The van der Waals surface area contributed by atoms with Crippen LogP contribution in [0.5, 0.6) is 0 Å². The molecule has 50 valence electrons. The molecule has 0 spiro atoms. The molecule has 0 heterocycles. The minimum atomic E-state index is 0.391. The minimum Gasteiger partial charge on any atom is -0.122 e. The molecule has 1 fully saturated rings. The molecule has 0 N–H and O–H groups in total. The molecule has 9 heavy (non-hydrogen) atoms. The van der Waals surface area contributed by atoms with Crippen LogP contribution in [0.1, 0.15) is 19.3 Å².